The number of aryl methyl sites for hydroxylation is 1. The summed E-state index contributed by atoms with van der Waals surface area (Å²) in [5, 5.41) is 13.5. The van der Waals surface area contributed by atoms with Gasteiger partial charge in [-0.25, -0.2) is 4.39 Å². The highest BCUT2D eigenvalue weighted by Crippen LogP contribution is 2.42. The van der Waals surface area contributed by atoms with Crippen LogP contribution in [-0.2, 0) is 7.05 Å². The van der Waals surface area contributed by atoms with Crippen molar-refractivity contribution >= 4 is 43.9 Å². The first-order chi connectivity index (χ1) is 19.3. The lowest BCUT2D eigenvalue weighted by atomic mass is 9.95. The third-order valence-corrected chi connectivity index (χ3v) is 6.93. The van der Waals surface area contributed by atoms with Gasteiger partial charge in [-0.1, -0.05) is 36.4 Å². The minimum atomic E-state index is -1.05. The van der Waals surface area contributed by atoms with Crippen molar-refractivity contribution in [3.05, 3.63) is 102 Å². The molecule has 0 radical (unpaired) electrons. The Kier molecular flexibility index (Phi) is 3.85. The van der Waals surface area contributed by atoms with E-state index in [9.17, 15) is 9.65 Å². The molecule has 0 saturated carbocycles. The molecule has 0 saturated heterocycles. The fourth-order valence-corrected chi connectivity index (χ4v) is 5.22. The van der Waals surface area contributed by atoms with E-state index in [1.54, 1.807) is 6.07 Å². The molecule has 0 amide bonds. The van der Waals surface area contributed by atoms with Crippen LogP contribution >= 0.6 is 0 Å². The number of halogens is 1. The van der Waals surface area contributed by atoms with Crippen LogP contribution in [0.5, 0.6) is 0 Å². The Morgan fingerprint density at radius 2 is 1.57 bits per heavy atom. The van der Waals surface area contributed by atoms with Crippen molar-refractivity contribution in [3.63, 3.8) is 0 Å². The van der Waals surface area contributed by atoms with Crippen molar-refractivity contribution in [2.45, 2.75) is 6.92 Å². The van der Waals surface area contributed by atoms with Gasteiger partial charge in [0.05, 0.1) is 19.9 Å². The molecule has 5 heteroatoms. The van der Waals surface area contributed by atoms with Crippen LogP contribution in [0.25, 0.3) is 66.3 Å². The van der Waals surface area contributed by atoms with Crippen LogP contribution < -0.4 is 4.57 Å². The number of nitriles is 1. The largest absolute Gasteiger partial charge is 0.456 e. The van der Waals surface area contributed by atoms with Crippen molar-refractivity contribution in [3.8, 4) is 28.5 Å². The molecule has 3 aromatic heterocycles. The minimum absolute atomic E-state index is 0.212. The highest BCUT2D eigenvalue weighted by Gasteiger charge is 2.23. The number of rotatable bonds is 2. The van der Waals surface area contributed by atoms with Gasteiger partial charge in [-0.3, -0.25) is 0 Å². The third kappa shape index (κ3) is 3.09. The molecule has 0 atom stereocenters. The van der Waals surface area contributed by atoms with Crippen molar-refractivity contribution in [2.24, 2.45) is 7.05 Å². The molecule has 7 aromatic rings. The molecule has 0 aliphatic heterocycles. The molecule has 176 valence electrons. The van der Waals surface area contributed by atoms with Crippen LogP contribution in [0, 0.1) is 24.1 Å². The van der Waals surface area contributed by atoms with E-state index >= 15 is 0 Å². The maximum atomic E-state index is 14.5. The predicted molar refractivity (Wildman–Crippen MR) is 142 cm³/mol. The smallest absolute Gasteiger partial charge is 0.216 e. The number of fused-ring (bicyclic) bond motifs is 6. The Balaban J connectivity index is 1.57. The van der Waals surface area contributed by atoms with E-state index in [1.165, 1.54) is 11.6 Å². The van der Waals surface area contributed by atoms with Crippen LogP contribution in [0.1, 0.15) is 15.2 Å². The summed E-state index contributed by atoms with van der Waals surface area (Å²) in [6.45, 7) is 1.84. The maximum absolute atomic E-state index is 14.5. The number of furan rings is 2. The molecule has 0 fully saturated rings. The van der Waals surface area contributed by atoms with Gasteiger partial charge in [-0.05, 0) is 54.4 Å². The van der Waals surface area contributed by atoms with E-state index in [-0.39, 0.29) is 11.7 Å². The summed E-state index contributed by atoms with van der Waals surface area (Å²) in [5.41, 5.74) is 5.64. The molecular weight excluding hydrogens is 463 g/mol. The number of aromatic nitrogens is 1. The van der Waals surface area contributed by atoms with Crippen LogP contribution in [-0.4, -0.2) is 0 Å². The Morgan fingerprint density at radius 3 is 2.41 bits per heavy atom. The Hall–Kier alpha value is -4.95. The highest BCUT2D eigenvalue weighted by molar-refractivity contribution is 6.14. The van der Waals surface area contributed by atoms with Gasteiger partial charge in [0.2, 0.25) is 11.9 Å². The van der Waals surface area contributed by atoms with Crippen LogP contribution in [0.4, 0.5) is 4.39 Å². The average Bonchev–Trinajstić information content (AvgIpc) is 3.53. The first-order valence-corrected chi connectivity index (χ1v) is 11.8. The van der Waals surface area contributed by atoms with E-state index < -0.39 is 18.0 Å². The molecule has 0 bridgehead atoms. The van der Waals surface area contributed by atoms with Crippen LogP contribution in [0.3, 0.4) is 0 Å². The van der Waals surface area contributed by atoms with Crippen molar-refractivity contribution in [1.29, 1.82) is 5.26 Å². The Bertz CT molecular complexity index is 2230. The highest BCUT2D eigenvalue weighted by atomic mass is 19.1. The van der Waals surface area contributed by atoms with Crippen molar-refractivity contribution < 1.29 is 21.9 Å². The molecule has 7 rings (SSSR count). The van der Waals surface area contributed by atoms with Crippen molar-refractivity contribution in [1.82, 2.24) is 0 Å². The van der Waals surface area contributed by atoms with Crippen molar-refractivity contribution in [2.75, 3.05) is 0 Å². The second-order valence-electron chi connectivity index (χ2n) is 9.11. The van der Waals surface area contributed by atoms with Gasteiger partial charge >= 0.3 is 0 Å². The number of hydrogen-bond acceptors (Lipinski definition) is 3. The third-order valence-electron chi connectivity index (χ3n) is 6.93. The molecule has 0 spiro atoms. The van der Waals surface area contributed by atoms with Crippen LogP contribution in [0.2, 0.25) is 0 Å². The predicted octanol–water partition coefficient (Wildman–Crippen LogP) is 7.96. The van der Waals surface area contributed by atoms with E-state index in [4.69, 9.17) is 12.9 Å². The van der Waals surface area contributed by atoms with E-state index in [1.807, 2.05) is 67.6 Å². The SMILES string of the molecule is [2H]c1c([2H])c(-c2c(C)ccc3c2oc2c(-c4ccc5c(c4)oc4ccccc45)c(C#N)ccc23)[n+](C)c([2H])c1F. The number of pyridine rings is 1. The molecule has 0 aliphatic rings. The van der Waals surface area contributed by atoms with Gasteiger partial charge in [-0.15, -0.1) is 0 Å². The minimum Gasteiger partial charge on any atom is -0.456 e. The number of nitrogens with zero attached hydrogens (tertiary/aromatic N) is 2. The fourth-order valence-electron chi connectivity index (χ4n) is 5.22. The molecule has 37 heavy (non-hydrogen) atoms. The number of benzene rings is 4. The monoisotopic (exact) mass is 486 g/mol. The summed E-state index contributed by atoms with van der Waals surface area (Å²) in [6, 6.07) is 22.3. The summed E-state index contributed by atoms with van der Waals surface area (Å²) in [7, 11) is 1.50. The topological polar surface area (TPSA) is 54.0 Å². The van der Waals surface area contributed by atoms with Gasteiger partial charge in [0.1, 0.15) is 30.8 Å². The zero-order valence-corrected chi connectivity index (χ0v) is 19.9. The summed E-state index contributed by atoms with van der Waals surface area (Å²) in [4.78, 5) is 0. The summed E-state index contributed by atoms with van der Waals surface area (Å²) >= 11 is 0. The van der Waals surface area contributed by atoms with E-state index in [2.05, 4.69) is 6.07 Å². The van der Waals surface area contributed by atoms with Gasteiger partial charge in [0, 0.05) is 33.2 Å². The average molecular weight is 487 g/mol. The zero-order chi connectivity index (χ0) is 27.9. The summed E-state index contributed by atoms with van der Waals surface area (Å²) in [6.07, 6.45) is -0.491. The van der Waals surface area contributed by atoms with Gasteiger partial charge in [0.15, 0.2) is 5.82 Å². The molecule has 0 N–H and O–H groups in total. The van der Waals surface area contributed by atoms with Gasteiger partial charge in [0.25, 0.3) is 0 Å². The quantitative estimate of drug-likeness (QED) is 0.233. The second kappa shape index (κ2) is 7.78. The molecule has 3 heterocycles. The standard InChI is InChI=1S/C32H20FN2O2/c1-18-7-11-24-25-13-9-20(16-34)30(19-8-12-23-22-5-3-4-6-27(22)36-28(23)15-19)32(25)37-31(24)29(18)26-14-10-21(33)17-35(26)2/h3-15,17H,1-2H3/q+1/i10D,14D,17D. The second-order valence-corrected chi connectivity index (χ2v) is 9.11. The number of hydrogen-bond donors (Lipinski definition) is 0. The maximum Gasteiger partial charge on any atom is 0.216 e. The normalized spacial score (nSPS) is 12.8. The van der Waals surface area contributed by atoms with Crippen LogP contribution in [0.15, 0.2) is 93.8 Å². The van der Waals surface area contributed by atoms with Gasteiger partial charge in [-0.2, -0.15) is 9.83 Å². The zero-order valence-electron chi connectivity index (χ0n) is 22.9. The number of para-hydroxylation sites is 1. The Labute approximate surface area is 215 Å². The van der Waals surface area contributed by atoms with E-state index in [0.29, 0.717) is 33.4 Å². The lowest BCUT2D eigenvalue weighted by Crippen LogP contribution is -2.31. The first-order valence-electron chi connectivity index (χ1n) is 13.3. The summed E-state index contributed by atoms with van der Waals surface area (Å²) in [5.74, 6) is -1.05. The summed E-state index contributed by atoms with van der Waals surface area (Å²) < 4.78 is 53.2. The Morgan fingerprint density at radius 1 is 0.838 bits per heavy atom. The first kappa shape index (κ1) is 18.3. The lowest BCUT2D eigenvalue weighted by Gasteiger charge is -2.06. The molecule has 0 unspecified atom stereocenters. The molecule has 4 nitrogen and oxygen atoms in total. The molecule has 0 aliphatic carbocycles. The van der Waals surface area contributed by atoms with Gasteiger partial charge < -0.3 is 8.83 Å². The molecule has 4 aromatic carbocycles. The van der Waals surface area contributed by atoms with E-state index in [0.717, 1.165) is 38.3 Å². The fraction of sp³-hybridized carbons (Fsp3) is 0.0625. The molecular formula is C32H20FN2O2+. The lowest BCUT2D eigenvalue weighted by molar-refractivity contribution is -0.661.